The Morgan fingerprint density at radius 3 is 2.88 bits per heavy atom. The molecule has 1 unspecified atom stereocenters. The first-order valence-electron chi connectivity index (χ1n) is 13.9. The van der Waals surface area contributed by atoms with Crippen molar-refractivity contribution in [2.24, 2.45) is 0 Å². The number of piperidine rings is 1. The molecule has 2 N–H and O–H groups in total. The molecule has 11 nitrogen and oxygen atoms in total. The van der Waals surface area contributed by atoms with Crippen molar-refractivity contribution in [1.29, 1.82) is 0 Å². The van der Waals surface area contributed by atoms with Crippen molar-refractivity contribution in [3.05, 3.63) is 67.1 Å². The van der Waals surface area contributed by atoms with Crippen LogP contribution in [0.4, 0.5) is 11.5 Å². The highest BCUT2D eigenvalue weighted by Gasteiger charge is 2.22. The lowest BCUT2D eigenvalue weighted by atomic mass is 10.0. The molecule has 13 heteroatoms. The van der Waals surface area contributed by atoms with E-state index in [1.807, 2.05) is 36.4 Å². The molecule has 0 aliphatic carbocycles. The first-order valence-corrected chi connectivity index (χ1v) is 15.9. The van der Waals surface area contributed by atoms with Gasteiger partial charge in [0.2, 0.25) is 5.91 Å². The molecule has 2 aliphatic heterocycles. The number of amides is 1. The number of rotatable bonds is 9. The molecule has 2 atom stereocenters. The maximum atomic E-state index is 13.2. The van der Waals surface area contributed by atoms with Crippen molar-refractivity contribution in [3.63, 3.8) is 0 Å². The van der Waals surface area contributed by atoms with Gasteiger partial charge in [-0.05, 0) is 49.2 Å². The minimum atomic E-state index is -1.46. The van der Waals surface area contributed by atoms with Gasteiger partial charge in [-0.15, -0.1) is 0 Å². The number of thiazole rings is 1. The molecule has 2 saturated heterocycles. The summed E-state index contributed by atoms with van der Waals surface area (Å²) in [5, 5.41) is 3.75. The predicted octanol–water partition coefficient (Wildman–Crippen LogP) is 3.39. The number of morpholine rings is 1. The van der Waals surface area contributed by atoms with E-state index in [0.29, 0.717) is 29.5 Å². The standard InChI is InChI=1S/C29H32N8O3S2/c1-2-25(38)33-22-6-4-10-36(18-22)17-20-5-3-7-23(15-20)42(39)35-21-8-9-24(30-16-21)28-34-26-27(31-19-32-29(26)41-28)37-11-13-40-14-12-37/h2-3,5,7-9,15-16,19,22,35H,1,4,6,10-14,17-18H2,(H,33,38)/t22-,42?/m1/s1. The molecule has 1 aromatic carbocycles. The average molecular weight is 605 g/mol. The molecule has 42 heavy (non-hydrogen) atoms. The van der Waals surface area contributed by atoms with Crippen molar-refractivity contribution in [1.82, 2.24) is 30.2 Å². The van der Waals surface area contributed by atoms with Crippen LogP contribution < -0.4 is 14.9 Å². The number of hydrogen-bond acceptors (Lipinski definition) is 11. The van der Waals surface area contributed by atoms with E-state index in [2.05, 4.69) is 41.4 Å². The third kappa shape index (κ3) is 6.71. The van der Waals surface area contributed by atoms with E-state index >= 15 is 0 Å². The van der Waals surface area contributed by atoms with Crippen LogP contribution in [0.5, 0.6) is 0 Å². The lowest BCUT2D eigenvalue weighted by Crippen LogP contribution is -2.46. The summed E-state index contributed by atoms with van der Waals surface area (Å²) in [6, 6.07) is 11.6. The van der Waals surface area contributed by atoms with E-state index in [1.54, 1.807) is 12.5 Å². The number of carbonyl (C=O) groups excluding carboxylic acids is 1. The average Bonchev–Trinajstić information content (AvgIpc) is 3.47. The zero-order chi connectivity index (χ0) is 28.9. The van der Waals surface area contributed by atoms with E-state index in [4.69, 9.17) is 9.72 Å². The van der Waals surface area contributed by atoms with Crippen molar-refractivity contribution in [3.8, 4) is 10.7 Å². The van der Waals surface area contributed by atoms with E-state index in [0.717, 1.165) is 72.3 Å². The summed E-state index contributed by atoms with van der Waals surface area (Å²) < 4.78 is 21.7. The third-order valence-electron chi connectivity index (χ3n) is 7.24. The quantitative estimate of drug-likeness (QED) is 0.217. The number of hydrogen-bond donors (Lipinski definition) is 2. The van der Waals surface area contributed by atoms with Gasteiger partial charge < -0.3 is 19.5 Å². The van der Waals surface area contributed by atoms with E-state index in [-0.39, 0.29) is 11.9 Å². The summed E-state index contributed by atoms with van der Waals surface area (Å²) in [5.41, 5.74) is 3.20. The predicted molar refractivity (Wildman–Crippen MR) is 165 cm³/mol. The third-order valence-corrected chi connectivity index (χ3v) is 9.32. The van der Waals surface area contributed by atoms with Gasteiger partial charge in [0.25, 0.3) is 0 Å². The van der Waals surface area contributed by atoms with Gasteiger partial charge in [0.1, 0.15) is 38.7 Å². The molecule has 2 fully saturated rings. The Labute approximate surface area is 251 Å². The highest BCUT2D eigenvalue weighted by atomic mass is 32.2. The van der Waals surface area contributed by atoms with Crippen LogP contribution in [0.2, 0.25) is 0 Å². The van der Waals surface area contributed by atoms with Gasteiger partial charge in [-0.2, -0.15) is 0 Å². The largest absolute Gasteiger partial charge is 0.588 e. The zero-order valence-corrected chi connectivity index (χ0v) is 24.7. The van der Waals surface area contributed by atoms with Gasteiger partial charge in [-0.1, -0.05) is 30.0 Å². The summed E-state index contributed by atoms with van der Waals surface area (Å²) in [6.45, 7) is 8.87. The minimum absolute atomic E-state index is 0.112. The Balaban J connectivity index is 1.09. The second-order valence-corrected chi connectivity index (χ2v) is 12.4. The Morgan fingerprint density at radius 2 is 2.07 bits per heavy atom. The number of benzene rings is 1. The molecular formula is C29H32N8O3S2. The number of nitrogens with zero attached hydrogens (tertiary/aromatic N) is 6. The summed E-state index contributed by atoms with van der Waals surface area (Å²) >= 11 is 0.0124. The topological polar surface area (TPSA) is 131 Å². The van der Waals surface area contributed by atoms with E-state index in [1.165, 1.54) is 17.4 Å². The monoisotopic (exact) mass is 604 g/mol. The summed E-state index contributed by atoms with van der Waals surface area (Å²) in [4.78, 5) is 36.0. The number of fused-ring (bicyclic) bond motifs is 1. The molecule has 3 aromatic heterocycles. The van der Waals surface area contributed by atoms with Crippen molar-refractivity contribution < 1.29 is 14.1 Å². The van der Waals surface area contributed by atoms with Crippen LogP contribution in [0.25, 0.3) is 21.0 Å². The van der Waals surface area contributed by atoms with Gasteiger partial charge in [0, 0.05) is 38.3 Å². The summed E-state index contributed by atoms with van der Waals surface area (Å²) in [5.74, 6) is 0.682. The van der Waals surface area contributed by atoms with Crippen LogP contribution in [0, 0.1) is 0 Å². The van der Waals surface area contributed by atoms with Gasteiger partial charge in [0.05, 0.1) is 25.1 Å². The molecule has 4 aromatic rings. The van der Waals surface area contributed by atoms with Crippen LogP contribution in [-0.2, 0) is 27.4 Å². The Morgan fingerprint density at radius 1 is 1.19 bits per heavy atom. The number of pyridine rings is 1. The number of anilines is 2. The van der Waals surface area contributed by atoms with E-state index < -0.39 is 11.4 Å². The number of aromatic nitrogens is 4. The zero-order valence-electron chi connectivity index (χ0n) is 23.1. The maximum absolute atomic E-state index is 13.2. The van der Waals surface area contributed by atoms with Crippen molar-refractivity contribution in [2.45, 2.75) is 30.3 Å². The molecule has 0 radical (unpaired) electrons. The maximum Gasteiger partial charge on any atom is 0.243 e. The molecule has 1 amide bonds. The van der Waals surface area contributed by atoms with Gasteiger partial charge >= 0.3 is 0 Å². The highest BCUT2D eigenvalue weighted by molar-refractivity contribution is 7.92. The lowest BCUT2D eigenvalue weighted by molar-refractivity contribution is -0.117. The van der Waals surface area contributed by atoms with Crippen molar-refractivity contribution >= 4 is 50.5 Å². The highest BCUT2D eigenvalue weighted by Crippen LogP contribution is 2.32. The van der Waals surface area contributed by atoms with Crippen LogP contribution in [0.15, 0.2) is 66.5 Å². The fourth-order valence-corrected chi connectivity index (χ4v) is 6.99. The van der Waals surface area contributed by atoms with Crippen LogP contribution in [-0.4, -0.2) is 80.7 Å². The number of carbonyl (C=O) groups is 1. The lowest BCUT2D eigenvalue weighted by Gasteiger charge is -2.33. The van der Waals surface area contributed by atoms with Crippen LogP contribution in [0.1, 0.15) is 18.4 Å². The summed E-state index contributed by atoms with van der Waals surface area (Å²) in [6.07, 6.45) is 6.53. The molecule has 0 spiro atoms. The minimum Gasteiger partial charge on any atom is -0.588 e. The second kappa shape index (κ2) is 13.1. The smallest absolute Gasteiger partial charge is 0.243 e. The Hall–Kier alpha value is -3.62. The molecule has 0 saturated carbocycles. The molecule has 6 rings (SSSR count). The Kier molecular flexibility index (Phi) is 8.91. The molecular weight excluding hydrogens is 573 g/mol. The van der Waals surface area contributed by atoms with Gasteiger partial charge in [-0.25, -0.2) is 19.7 Å². The first-order chi connectivity index (χ1) is 20.6. The number of nitrogens with one attached hydrogen (secondary N) is 2. The summed E-state index contributed by atoms with van der Waals surface area (Å²) in [7, 11) is 0. The number of ether oxygens (including phenoxy) is 1. The van der Waals surface area contributed by atoms with Gasteiger partial charge in [-0.3, -0.25) is 14.7 Å². The SMILES string of the molecule is C=CC(=O)N[C@@H]1CCCN(Cc2cccc([S+]([O-])Nc3ccc(-c4nc5c(N6CCOCC6)ncnc5s4)nc3)c2)C1. The fourth-order valence-electron chi connectivity index (χ4n) is 5.20. The molecule has 2 aliphatic rings. The van der Waals surface area contributed by atoms with Crippen LogP contribution >= 0.6 is 11.3 Å². The van der Waals surface area contributed by atoms with Crippen LogP contribution in [0.3, 0.4) is 0 Å². The molecule has 0 bridgehead atoms. The second-order valence-electron chi connectivity index (χ2n) is 10.2. The van der Waals surface area contributed by atoms with Crippen molar-refractivity contribution in [2.75, 3.05) is 49.0 Å². The normalized spacial score (nSPS) is 18.5. The van der Waals surface area contributed by atoms with Gasteiger partial charge in [0.15, 0.2) is 10.7 Å². The number of likely N-dealkylation sites (tertiary alicyclic amines) is 1. The fraction of sp³-hybridized carbons (Fsp3) is 0.345. The molecule has 218 valence electrons. The Bertz CT molecular complexity index is 1540. The molecule has 5 heterocycles. The first kappa shape index (κ1) is 28.5. The van der Waals surface area contributed by atoms with E-state index in [9.17, 15) is 9.35 Å².